The predicted octanol–water partition coefficient (Wildman–Crippen LogP) is 5.45. The first-order valence-electron chi connectivity index (χ1n) is 12.7. The molecule has 206 valence electrons. The number of esters is 1. The second kappa shape index (κ2) is 11.8. The molecular formula is C30H27ClN2O5S2. The zero-order chi connectivity index (χ0) is 28.4. The van der Waals surface area contributed by atoms with Crippen LogP contribution in [-0.4, -0.2) is 30.4 Å². The molecule has 0 aliphatic carbocycles. The Kier molecular flexibility index (Phi) is 8.25. The number of benzene rings is 2. The Balaban J connectivity index is 1.75. The van der Waals surface area contributed by atoms with E-state index in [4.69, 9.17) is 30.8 Å². The second-order valence-electron chi connectivity index (χ2n) is 9.15. The van der Waals surface area contributed by atoms with Gasteiger partial charge in [0.15, 0.2) is 16.3 Å². The molecule has 3 heterocycles. The minimum atomic E-state index is -0.687. The summed E-state index contributed by atoms with van der Waals surface area (Å²) in [5.41, 5.74) is 1.99. The minimum absolute atomic E-state index is 0.0920. The maximum Gasteiger partial charge on any atom is 0.338 e. The van der Waals surface area contributed by atoms with Crippen LogP contribution in [0.15, 0.2) is 75.3 Å². The number of carbonyl (C=O) groups is 1. The standard InChI is InChI=1S/C30H27ClN2O5S2/c1-5-37-29(35)24-25(19-10-7-6-8-11-19)32-30-33(26(24)22-12-9-13-39-22)28(34)23(40-30)16-18-14-20(31)27(38-17(2)3)21(15-18)36-4/h6-17,26H,5H2,1-4H3/b23-16-/t26-/m1/s1. The molecule has 0 spiro atoms. The number of aromatic nitrogens is 1. The van der Waals surface area contributed by atoms with Gasteiger partial charge in [0.25, 0.3) is 5.56 Å². The fraction of sp³-hybridized carbons (Fsp3) is 0.233. The lowest BCUT2D eigenvalue weighted by atomic mass is 9.97. The summed E-state index contributed by atoms with van der Waals surface area (Å²) in [4.78, 5) is 33.6. The molecule has 0 fully saturated rings. The lowest BCUT2D eigenvalue weighted by Gasteiger charge is -2.24. The van der Waals surface area contributed by atoms with Crippen molar-refractivity contribution in [2.75, 3.05) is 13.7 Å². The van der Waals surface area contributed by atoms with Crippen molar-refractivity contribution in [1.29, 1.82) is 0 Å². The molecule has 0 bridgehead atoms. The van der Waals surface area contributed by atoms with Gasteiger partial charge in [-0.05, 0) is 56.0 Å². The van der Waals surface area contributed by atoms with Gasteiger partial charge >= 0.3 is 5.97 Å². The van der Waals surface area contributed by atoms with Crippen LogP contribution < -0.4 is 24.4 Å². The van der Waals surface area contributed by atoms with Crippen molar-refractivity contribution in [3.8, 4) is 11.5 Å². The lowest BCUT2D eigenvalue weighted by molar-refractivity contribution is -0.138. The second-order valence-corrected chi connectivity index (χ2v) is 11.5. The monoisotopic (exact) mass is 594 g/mol. The van der Waals surface area contributed by atoms with Crippen molar-refractivity contribution >= 4 is 52.0 Å². The average Bonchev–Trinajstić information content (AvgIpc) is 3.58. The fourth-order valence-electron chi connectivity index (χ4n) is 4.48. The van der Waals surface area contributed by atoms with E-state index in [1.165, 1.54) is 22.7 Å². The zero-order valence-corrected chi connectivity index (χ0v) is 24.7. The summed E-state index contributed by atoms with van der Waals surface area (Å²) in [6, 6.07) is 16.1. The number of ether oxygens (including phenoxy) is 3. The van der Waals surface area contributed by atoms with Gasteiger partial charge in [-0.1, -0.05) is 59.3 Å². The van der Waals surface area contributed by atoms with Gasteiger partial charge < -0.3 is 14.2 Å². The molecule has 0 saturated heterocycles. The van der Waals surface area contributed by atoms with E-state index in [9.17, 15) is 9.59 Å². The van der Waals surface area contributed by atoms with Gasteiger partial charge in [-0.2, -0.15) is 0 Å². The number of rotatable bonds is 8. The number of thiophene rings is 1. The number of thiazole rings is 1. The Morgan fingerprint density at radius 3 is 2.60 bits per heavy atom. The SMILES string of the molecule is CCOC(=O)C1=C(c2ccccc2)N=c2s/c(=C\c3cc(Cl)c(OC(C)C)c(OC)c3)c(=O)n2[C@@H]1c1cccs1. The molecule has 0 radical (unpaired) electrons. The van der Waals surface area contributed by atoms with Gasteiger partial charge in [0.1, 0.15) is 6.04 Å². The topological polar surface area (TPSA) is 79.1 Å². The number of carbonyl (C=O) groups excluding carboxylic acids is 1. The molecule has 1 atom stereocenters. The largest absolute Gasteiger partial charge is 0.493 e. The molecule has 0 N–H and O–H groups in total. The highest BCUT2D eigenvalue weighted by atomic mass is 35.5. The summed E-state index contributed by atoms with van der Waals surface area (Å²) in [6.45, 7) is 5.77. The Morgan fingerprint density at radius 1 is 1.18 bits per heavy atom. The first kappa shape index (κ1) is 27.9. The number of methoxy groups -OCH3 is 1. The van der Waals surface area contributed by atoms with Crippen LogP contribution in [0.2, 0.25) is 5.02 Å². The first-order valence-corrected chi connectivity index (χ1v) is 14.8. The Morgan fingerprint density at radius 2 is 1.95 bits per heavy atom. The number of nitrogens with zero attached hydrogens (tertiary/aromatic N) is 2. The van der Waals surface area contributed by atoms with E-state index in [2.05, 4.69) is 0 Å². The van der Waals surface area contributed by atoms with Crippen molar-refractivity contribution in [3.63, 3.8) is 0 Å². The van der Waals surface area contributed by atoms with E-state index in [0.29, 0.717) is 42.7 Å². The maximum atomic E-state index is 14.0. The Bertz CT molecular complexity index is 1760. The number of halogens is 1. The lowest BCUT2D eigenvalue weighted by Crippen LogP contribution is -2.39. The summed E-state index contributed by atoms with van der Waals surface area (Å²) in [7, 11) is 1.54. The van der Waals surface area contributed by atoms with Crippen molar-refractivity contribution in [1.82, 2.24) is 4.57 Å². The molecule has 0 saturated carbocycles. The third-order valence-electron chi connectivity index (χ3n) is 6.09. The Hall–Kier alpha value is -3.66. The summed E-state index contributed by atoms with van der Waals surface area (Å²) in [5.74, 6) is 0.407. The molecule has 40 heavy (non-hydrogen) atoms. The molecular weight excluding hydrogens is 568 g/mol. The van der Waals surface area contributed by atoms with Crippen molar-refractivity contribution in [2.45, 2.75) is 32.9 Å². The van der Waals surface area contributed by atoms with Crippen molar-refractivity contribution in [3.05, 3.63) is 106 Å². The van der Waals surface area contributed by atoms with Gasteiger partial charge in [-0.15, -0.1) is 11.3 Å². The predicted molar refractivity (Wildman–Crippen MR) is 159 cm³/mol. The summed E-state index contributed by atoms with van der Waals surface area (Å²) in [6.07, 6.45) is 1.66. The maximum absolute atomic E-state index is 14.0. The van der Waals surface area contributed by atoms with E-state index in [0.717, 1.165) is 10.4 Å². The molecule has 10 heteroatoms. The van der Waals surface area contributed by atoms with Gasteiger partial charge in [-0.3, -0.25) is 9.36 Å². The molecule has 4 aromatic rings. The van der Waals surface area contributed by atoms with Crippen LogP contribution in [-0.2, 0) is 9.53 Å². The highest BCUT2D eigenvalue weighted by molar-refractivity contribution is 7.10. The molecule has 5 rings (SSSR count). The average molecular weight is 595 g/mol. The normalized spacial score (nSPS) is 15.2. The van der Waals surface area contributed by atoms with Crippen LogP contribution in [0.1, 0.15) is 42.8 Å². The smallest absolute Gasteiger partial charge is 0.338 e. The molecule has 0 amide bonds. The van der Waals surface area contributed by atoms with Crippen molar-refractivity contribution < 1.29 is 19.0 Å². The minimum Gasteiger partial charge on any atom is -0.493 e. The quantitative estimate of drug-likeness (QED) is 0.254. The number of fused-ring (bicyclic) bond motifs is 1. The van der Waals surface area contributed by atoms with Crippen LogP contribution in [0.4, 0.5) is 0 Å². The van der Waals surface area contributed by atoms with Crippen LogP contribution >= 0.6 is 34.3 Å². The number of hydrogen-bond acceptors (Lipinski definition) is 8. The van der Waals surface area contributed by atoms with Crippen LogP contribution in [0.3, 0.4) is 0 Å². The van der Waals surface area contributed by atoms with Crippen molar-refractivity contribution in [2.24, 2.45) is 4.99 Å². The summed E-state index contributed by atoms with van der Waals surface area (Å²) in [5, 5.41) is 2.30. The van der Waals surface area contributed by atoms with E-state index in [1.54, 1.807) is 36.8 Å². The van der Waals surface area contributed by atoms with Crippen LogP contribution in [0.5, 0.6) is 11.5 Å². The van der Waals surface area contributed by atoms with Gasteiger partial charge in [-0.25, -0.2) is 9.79 Å². The molecule has 1 aliphatic rings. The van der Waals surface area contributed by atoms with Crippen LogP contribution in [0, 0.1) is 0 Å². The molecule has 1 aliphatic heterocycles. The van der Waals surface area contributed by atoms with Gasteiger partial charge in [0.2, 0.25) is 0 Å². The molecule has 7 nitrogen and oxygen atoms in total. The fourth-order valence-corrected chi connectivity index (χ4v) is 6.57. The third kappa shape index (κ3) is 5.37. The summed E-state index contributed by atoms with van der Waals surface area (Å²) >= 11 is 9.26. The van der Waals surface area contributed by atoms with Crippen LogP contribution in [0.25, 0.3) is 11.8 Å². The first-order chi connectivity index (χ1) is 19.3. The van der Waals surface area contributed by atoms with E-state index in [-0.39, 0.29) is 18.3 Å². The van der Waals surface area contributed by atoms with E-state index in [1.807, 2.05) is 61.7 Å². The van der Waals surface area contributed by atoms with Gasteiger partial charge in [0.05, 0.1) is 40.6 Å². The molecule has 0 unspecified atom stereocenters. The number of hydrogen-bond donors (Lipinski definition) is 0. The highest BCUT2D eigenvalue weighted by Gasteiger charge is 2.35. The van der Waals surface area contributed by atoms with E-state index < -0.39 is 12.0 Å². The molecule has 2 aromatic heterocycles. The molecule has 2 aromatic carbocycles. The van der Waals surface area contributed by atoms with E-state index >= 15 is 0 Å². The summed E-state index contributed by atoms with van der Waals surface area (Å²) < 4.78 is 18.9. The highest BCUT2D eigenvalue weighted by Crippen LogP contribution is 2.38. The third-order valence-corrected chi connectivity index (χ3v) is 8.28. The Labute approximate surface area is 244 Å². The van der Waals surface area contributed by atoms with Gasteiger partial charge in [0, 0.05) is 10.4 Å². The zero-order valence-electron chi connectivity index (χ0n) is 22.3.